The number of fused-ring (bicyclic) bond motifs is 2. The standard InChI is InChI=1S/C17H15N5/c1-21-10-8-13-16(21)14(11-18)15-7-9-19-22(15)17(13)20-12-5-3-2-4-6-12/h2-7,9,20H,8,10H2,1H3. The minimum atomic E-state index is 0.700. The van der Waals surface area contributed by atoms with E-state index in [1.165, 1.54) is 0 Å². The first-order valence-electron chi connectivity index (χ1n) is 7.25. The van der Waals surface area contributed by atoms with Crippen LogP contribution in [0.3, 0.4) is 0 Å². The molecule has 1 aliphatic heterocycles. The van der Waals surface area contributed by atoms with Crippen molar-refractivity contribution in [3.8, 4) is 6.07 Å². The average molecular weight is 289 g/mol. The van der Waals surface area contributed by atoms with E-state index in [0.717, 1.165) is 41.2 Å². The number of anilines is 3. The summed E-state index contributed by atoms with van der Waals surface area (Å²) in [4.78, 5) is 2.15. The number of pyridine rings is 1. The fraction of sp³-hybridized carbons (Fsp3) is 0.176. The van der Waals surface area contributed by atoms with Gasteiger partial charge in [0.2, 0.25) is 0 Å². The number of nitrogens with zero attached hydrogens (tertiary/aromatic N) is 4. The average Bonchev–Trinajstić information content (AvgIpc) is 3.16. The molecule has 4 rings (SSSR count). The molecule has 0 fully saturated rings. The highest BCUT2D eigenvalue weighted by atomic mass is 15.3. The smallest absolute Gasteiger partial charge is 0.138 e. The minimum absolute atomic E-state index is 0.700. The van der Waals surface area contributed by atoms with Gasteiger partial charge in [-0.1, -0.05) is 18.2 Å². The predicted molar refractivity (Wildman–Crippen MR) is 86.6 cm³/mol. The van der Waals surface area contributed by atoms with Gasteiger partial charge < -0.3 is 10.2 Å². The number of hydrogen-bond acceptors (Lipinski definition) is 4. The maximum absolute atomic E-state index is 9.58. The molecule has 5 nitrogen and oxygen atoms in total. The van der Waals surface area contributed by atoms with Crippen LogP contribution in [0.25, 0.3) is 5.52 Å². The van der Waals surface area contributed by atoms with Crippen LogP contribution in [0.15, 0.2) is 42.6 Å². The molecule has 0 aliphatic carbocycles. The van der Waals surface area contributed by atoms with Crippen LogP contribution < -0.4 is 10.2 Å². The molecular formula is C17H15N5. The predicted octanol–water partition coefficient (Wildman–Crippen LogP) is 2.94. The molecule has 0 saturated heterocycles. The van der Waals surface area contributed by atoms with Crippen molar-refractivity contribution in [3.05, 3.63) is 53.7 Å². The lowest BCUT2D eigenvalue weighted by Gasteiger charge is -2.18. The SMILES string of the molecule is CN1CCc2c1c(C#N)c1ccnn1c2Nc1ccccc1. The van der Waals surface area contributed by atoms with Gasteiger partial charge in [-0.25, -0.2) is 4.52 Å². The number of nitrogens with one attached hydrogen (secondary N) is 1. The van der Waals surface area contributed by atoms with Gasteiger partial charge in [0, 0.05) is 24.8 Å². The van der Waals surface area contributed by atoms with Crippen LogP contribution in [0.1, 0.15) is 11.1 Å². The van der Waals surface area contributed by atoms with Gasteiger partial charge >= 0.3 is 0 Å². The molecular weight excluding hydrogens is 274 g/mol. The van der Waals surface area contributed by atoms with E-state index in [0.29, 0.717) is 5.56 Å². The summed E-state index contributed by atoms with van der Waals surface area (Å²) in [5, 5.41) is 17.5. The fourth-order valence-electron chi connectivity index (χ4n) is 3.13. The number of aromatic nitrogens is 2. The Labute approximate surface area is 128 Å². The zero-order valence-electron chi connectivity index (χ0n) is 12.2. The highest BCUT2D eigenvalue weighted by molar-refractivity contribution is 5.84. The molecule has 3 heterocycles. The highest BCUT2D eigenvalue weighted by Crippen LogP contribution is 2.39. The van der Waals surface area contributed by atoms with Crippen molar-refractivity contribution >= 4 is 22.7 Å². The first-order valence-corrected chi connectivity index (χ1v) is 7.25. The van der Waals surface area contributed by atoms with Gasteiger partial charge in [-0.3, -0.25) is 0 Å². The maximum Gasteiger partial charge on any atom is 0.138 e. The monoisotopic (exact) mass is 289 g/mol. The summed E-state index contributed by atoms with van der Waals surface area (Å²) >= 11 is 0. The van der Waals surface area contributed by atoms with Crippen LogP contribution in [0.4, 0.5) is 17.2 Å². The van der Waals surface area contributed by atoms with Gasteiger partial charge in [0.05, 0.1) is 17.4 Å². The van der Waals surface area contributed by atoms with Gasteiger partial charge in [0.1, 0.15) is 17.5 Å². The van der Waals surface area contributed by atoms with Gasteiger partial charge in [-0.2, -0.15) is 10.4 Å². The third-order valence-corrected chi connectivity index (χ3v) is 4.15. The summed E-state index contributed by atoms with van der Waals surface area (Å²) in [6.45, 7) is 0.917. The van der Waals surface area contributed by atoms with Crippen LogP contribution in [0, 0.1) is 11.3 Å². The minimum Gasteiger partial charge on any atom is -0.373 e. The molecule has 0 amide bonds. The summed E-state index contributed by atoms with van der Waals surface area (Å²) in [7, 11) is 2.03. The quantitative estimate of drug-likeness (QED) is 0.788. The van der Waals surface area contributed by atoms with Crippen LogP contribution in [0.5, 0.6) is 0 Å². The van der Waals surface area contributed by atoms with E-state index in [2.05, 4.69) is 21.4 Å². The molecule has 0 spiro atoms. The lowest BCUT2D eigenvalue weighted by Crippen LogP contribution is -2.14. The first kappa shape index (κ1) is 12.7. The van der Waals surface area contributed by atoms with Crippen molar-refractivity contribution in [1.29, 1.82) is 5.26 Å². The van der Waals surface area contributed by atoms with Crippen molar-refractivity contribution in [3.63, 3.8) is 0 Å². The van der Waals surface area contributed by atoms with E-state index in [1.54, 1.807) is 6.20 Å². The maximum atomic E-state index is 9.58. The Hall–Kier alpha value is -3.00. The molecule has 108 valence electrons. The van der Waals surface area contributed by atoms with E-state index in [9.17, 15) is 5.26 Å². The number of rotatable bonds is 2. The van der Waals surface area contributed by atoms with E-state index in [4.69, 9.17) is 0 Å². The van der Waals surface area contributed by atoms with Crippen LogP contribution in [0.2, 0.25) is 0 Å². The summed E-state index contributed by atoms with van der Waals surface area (Å²) in [5.41, 5.74) is 4.73. The molecule has 0 bridgehead atoms. The molecule has 1 N–H and O–H groups in total. The van der Waals surface area contributed by atoms with Crippen molar-refractivity contribution in [2.45, 2.75) is 6.42 Å². The zero-order chi connectivity index (χ0) is 15.1. The Morgan fingerprint density at radius 3 is 2.82 bits per heavy atom. The first-order chi connectivity index (χ1) is 10.8. The van der Waals surface area contributed by atoms with Crippen LogP contribution >= 0.6 is 0 Å². The Bertz CT molecular complexity index is 889. The van der Waals surface area contributed by atoms with E-state index in [1.807, 2.05) is 48.0 Å². The summed E-state index contributed by atoms with van der Waals surface area (Å²) in [5.74, 6) is 0.949. The van der Waals surface area contributed by atoms with Crippen molar-refractivity contribution in [2.24, 2.45) is 0 Å². The molecule has 0 radical (unpaired) electrons. The number of hydrogen-bond donors (Lipinski definition) is 1. The molecule has 1 aromatic carbocycles. The Kier molecular flexibility index (Phi) is 2.76. The Morgan fingerprint density at radius 2 is 2.05 bits per heavy atom. The largest absolute Gasteiger partial charge is 0.373 e. The van der Waals surface area contributed by atoms with Crippen LogP contribution in [-0.4, -0.2) is 23.2 Å². The number of para-hydroxylation sites is 1. The lowest BCUT2D eigenvalue weighted by molar-refractivity contribution is 0.939. The molecule has 5 heteroatoms. The van der Waals surface area contributed by atoms with Crippen molar-refractivity contribution in [2.75, 3.05) is 23.8 Å². The molecule has 0 atom stereocenters. The molecule has 0 saturated carbocycles. The normalized spacial score (nSPS) is 13.2. The molecule has 22 heavy (non-hydrogen) atoms. The van der Waals surface area contributed by atoms with Crippen molar-refractivity contribution in [1.82, 2.24) is 9.61 Å². The topological polar surface area (TPSA) is 56.4 Å². The third kappa shape index (κ3) is 1.74. The molecule has 0 unspecified atom stereocenters. The summed E-state index contributed by atoms with van der Waals surface area (Å²) in [6.07, 6.45) is 2.65. The van der Waals surface area contributed by atoms with E-state index in [-0.39, 0.29) is 0 Å². The highest BCUT2D eigenvalue weighted by Gasteiger charge is 2.27. The molecule has 1 aliphatic rings. The Balaban J connectivity index is 1.99. The molecule has 2 aromatic heterocycles. The van der Waals surface area contributed by atoms with Crippen LogP contribution in [-0.2, 0) is 6.42 Å². The van der Waals surface area contributed by atoms with Gasteiger partial charge in [-0.05, 0) is 24.6 Å². The van der Waals surface area contributed by atoms with Crippen molar-refractivity contribution < 1.29 is 0 Å². The summed E-state index contributed by atoms with van der Waals surface area (Å²) in [6, 6.07) is 14.3. The van der Waals surface area contributed by atoms with E-state index >= 15 is 0 Å². The third-order valence-electron chi connectivity index (χ3n) is 4.15. The lowest BCUT2D eigenvalue weighted by atomic mass is 10.1. The van der Waals surface area contributed by atoms with Gasteiger partial charge in [-0.15, -0.1) is 0 Å². The van der Waals surface area contributed by atoms with E-state index < -0.39 is 0 Å². The summed E-state index contributed by atoms with van der Waals surface area (Å²) < 4.78 is 1.84. The molecule has 3 aromatic rings. The second-order valence-corrected chi connectivity index (χ2v) is 5.45. The number of likely N-dealkylation sites (N-methyl/N-ethyl adjacent to an activating group) is 1. The fourth-order valence-corrected chi connectivity index (χ4v) is 3.13. The number of benzene rings is 1. The zero-order valence-corrected chi connectivity index (χ0v) is 12.2. The second-order valence-electron chi connectivity index (χ2n) is 5.45. The van der Waals surface area contributed by atoms with Gasteiger partial charge in [0.25, 0.3) is 0 Å². The number of nitriles is 1. The Morgan fingerprint density at radius 1 is 1.23 bits per heavy atom. The van der Waals surface area contributed by atoms with Gasteiger partial charge in [0.15, 0.2) is 0 Å². The second kappa shape index (κ2) is 4.78.